The number of rotatable bonds is 5. The Morgan fingerprint density at radius 3 is 2.64 bits per heavy atom. The van der Waals surface area contributed by atoms with Gasteiger partial charge in [-0.1, -0.05) is 24.3 Å². The highest BCUT2D eigenvalue weighted by Gasteiger charge is 2.19. The van der Waals surface area contributed by atoms with E-state index in [1.807, 2.05) is 73.0 Å². The predicted molar refractivity (Wildman–Crippen MR) is 113 cm³/mol. The summed E-state index contributed by atoms with van der Waals surface area (Å²) in [4.78, 5) is 18.3. The molecule has 2 heterocycles. The van der Waals surface area contributed by atoms with Crippen LogP contribution in [0.5, 0.6) is 0 Å². The Labute approximate surface area is 167 Å². The van der Waals surface area contributed by atoms with Gasteiger partial charge in [0.05, 0.1) is 11.3 Å². The molecule has 0 atom stereocenters. The minimum atomic E-state index is -0.209. The lowest BCUT2D eigenvalue weighted by Crippen LogP contribution is -2.12. The van der Waals surface area contributed by atoms with Crippen LogP contribution in [0.15, 0.2) is 90.2 Å². The third kappa shape index (κ3) is 3.82. The van der Waals surface area contributed by atoms with E-state index < -0.39 is 0 Å². The van der Waals surface area contributed by atoms with Gasteiger partial charge in [-0.2, -0.15) is 5.10 Å². The molecule has 0 unspecified atom stereocenters. The van der Waals surface area contributed by atoms with Crippen LogP contribution in [-0.4, -0.2) is 26.9 Å². The van der Waals surface area contributed by atoms with Gasteiger partial charge < -0.3 is 5.32 Å². The molecule has 28 heavy (non-hydrogen) atoms. The zero-order valence-electron chi connectivity index (χ0n) is 15.2. The van der Waals surface area contributed by atoms with Gasteiger partial charge in [-0.05, 0) is 48.7 Å². The van der Waals surface area contributed by atoms with Gasteiger partial charge in [-0.3, -0.25) is 9.78 Å². The summed E-state index contributed by atoms with van der Waals surface area (Å²) in [6.07, 6.45) is 7.17. The maximum absolute atomic E-state index is 13.1. The molecule has 0 saturated heterocycles. The normalized spacial score (nSPS) is 10.6. The van der Waals surface area contributed by atoms with Gasteiger partial charge in [0.15, 0.2) is 0 Å². The van der Waals surface area contributed by atoms with Crippen LogP contribution in [0.1, 0.15) is 10.4 Å². The molecule has 0 aliphatic heterocycles. The number of amides is 1. The predicted octanol–water partition coefficient (Wildman–Crippen LogP) is 4.91. The van der Waals surface area contributed by atoms with Gasteiger partial charge in [0, 0.05) is 34.7 Å². The van der Waals surface area contributed by atoms with Crippen molar-refractivity contribution >= 4 is 23.4 Å². The first kappa shape index (κ1) is 18.0. The average Bonchev–Trinajstić information content (AvgIpc) is 3.21. The standard InChI is InChI=1S/C22H18N4OS/c1-28-19-11-5-8-17(13-19)24-22(27)20-15-26(18-9-3-2-4-10-18)25-21(20)16-7-6-12-23-14-16/h2-15H,1H3,(H,24,27). The largest absolute Gasteiger partial charge is 0.322 e. The highest BCUT2D eigenvalue weighted by molar-refractivity contribution is 7.98. The molecule has 2 aromatic carbocycles. The van der Waals surface area contributed by atoms with Crippen LogP contribution in [0.2, 0.25) is 0 Å². The molecule has 4 rings (SSSR count). The second-order valence-corrected chi connectivity index (χ2v) is 6.98. The van der Waals surface area contributed by atoms with Gasteiger partial charge in [0.1, 0.15) is 5.69 Å². The topological polar surface area (TPSA) is 59.8 Å². The van der Waals surface area contributed by atoms with Crippen molar-refractivity contribution in [3.63, 3.8) is 0 Å². The molecular formula is C22H18N4OS. The Balaban J connectivity index is 1.74. The number of thioether (sulfide) groups is 1. The highest BCUT2D eigenvalue weighted by atomic mass is 32.2. The molecule has 0 spiro atoms. The number of pyridine rings is 1. The van der Waals surface area contributed by atoms with E-state index in [2.05, 4.69) is 15.4 Å². The van der Waals surface area contributed by atoms with Crippen molar-refractivity contribution in [2.24, 2.45) is 0 Å². The molecule has 6 heteroatoms. The van der Waals surface area contributed by atoms with Gasteiger partial charge in [0.25, 0.3) is 5.91 Å². The quantitative estimate of drug-likeness (QED) is 0.495. The van der Waals surface area contributed by atoms with Crippen LogP contribution in [0.4, 0.5) is 5.69 Å². The summed E-state index contributed by atoms with van der Waals surface area (Å²) in [5.74, 6) is -0.209. The molecule has 0 aliphatic rings. The van der Waals surface area contributed by atoms with E-state index in [9.17, 15) is 4.79 Å². The minimum Gasteiger partial charge on any atom is -0.322 e. The number of carbonyl (C=O) groups is 1. The lowest BCUT2D eigenvalue weighted by molar-refractivity contribution is 0.102. The fourth-order valence-corrected chi connectivity index (χ4v) is 3.33. The van der Waals surface area contributed by atoms with E-state index in [-0.39, 0.29) is 5.91 Å². The number of hydrogen-bond donors (Lipinski definition) is 1. The van der Waals surface area contributed by atoms with E-state index in [4.69, 9.17) is 0 Å². The fraction of sp³-hybridized carbons (Fsp3) is 0.0455. The SMILES string of the molecule is CSc1cccc(NC(=O)c2cn(-c3ccccc3)nc2-c2cccnc2)c1. The second kappa shape index (κ2) is 8.10. The van der Waals surface area contributed by atoms with E-state index in [1.165, 1.54) is 0 Å². The molecule has 5 nitrogen and oxygen atoms in total. The number of nitrogens with one attached hydrogen (secondary N) is 1. The van der Waals surface area contributed by atoms with E-state index in [0.29, 0.717) is 11.3 Å². The second-order valence-electron chi connectivity index (χ2n) is 6.10. The van der Waals surface area contributed by atoms with Gasteiger partial charge in [-0.15, -0.1) is 11.8 Å². The third-order valence-electron chi connectivity index (χ3n) is 4.24. The molecule has 2 aromatic heterocycles. The van der Waals surface area contributed by atoms with Gasteiger partial charge in [-0.25, -0.2) is 4.68 Å². The third-order valence-corrected chi connectivity index (χ3v) is 4.97. The summed E-state index contributed by atoms with van der Waals surface area (Å²) in [7, 11) is 0. The molecule has 4 aromatic rings. The van der Waals surface area contributed by atoms with Crippen LogP contribution in [0.3, 0.4) is 0 Å². The lowest BCUT2D eigenvalue weighted by Gasteiger charge is -2.06. The van der Waals surface area contributed by atoms with Crippen molar-refractivity contribution in [1.29, 1.82) is 0 Å². The maximum Gasteiger partial charge on any atom is 0.259 e. The average molecular weight is 386 g/mol. The highest BCUT2D eigenvalue weighted by Crippen LogP contribution is 2.25. The summed E-state index contributed by atoms with van der Waals surface area (Å²) in [6.45, 7) is 0. The maximum atomic E-state index is 13.1. The van der Waals surface area contributed by atoms with E-state index in [0.717, 1.165) is 21.8 Å². The van der Waals surface area contributed by atoms with E-state index >= 15 is 0 Å². The number of para-hydroxylation sites is 1. The Kier molecular flexibility index (Phi) is 5.21. The zero-order chi connectivity index (χ0) is 19.3. The molecule has 0 saturated carbocycles. The van der Waals surface area contributed by atoms with Crippen molar-refractivity contribution in [3.05, 3.63) is 90.9 Å². The number of benzene rings is 2. The first-order chi connectivity index (χ1) is 13.7. The van der Waals surface area contributed by atoms with Crippen LogP contribution >= 0.6 is 11.8 Å². The fourth-order valence-electron chi connectivity index (χ4n) is 2.87. The number of aromatic nitrogens is 3. The van der Waals surface area contributed by atoms with Crippen molar-refractivity contribution < 1.29 is 4.79 Å². The molecule has 0 radical (unpaired) electrons. The van der Waals surface area contributed by atoms with Crippen LogP contribution < -0.4 is 5.32 Å². The number of nitrogens with zero attached hydrogens (tertiary/aromatic N) is 3. The Morgan fingerprint density at radius 2 is 1.89 bits per heavy atom. The van der Waals surface area contributed by atoms with E-state index in [1.54, 1.807) is 35.0 Å². The Hall–Kier alpha value is -3.38. The summed E-state index contributed by atoms with van der Waals surface area (Å²) in [5.41, 5.74) is 3.51. The molecule has 1 amide bonds. The summed E-state index contributed by atoms with van der Waals surface area (Å²) >= 11 is 1.63. The lowest BCUT2D eigenvalue weighted by atomic mass is 10.1. The monoisotopic (exact) mass is 386 g/mol. The van der Waals surface area contributed by atoms with Crippen LogP contribution in [0, 0.1) is 0 Å². The van der Waals surface area contributed by atoms with Crippen molar-refractivity contribution in [3.8, 4) is 16.9 Å². The molecule has 0 fully saturated rings. The minimum absolute atomic E-state index is 0.209. The summed E-state index contributed by atoms with van der Waals surface area (Å²) in [6, 6.07) is 21.2. The summed E-state index contributed by atoms with van der Waals surface area (Å²) < 4.78 is 1.72. The number of carbonyl (C=O) groups excluding carboxylic acids is 1. The number of anilines is 1. The molecule has 1 N–H and O–H groups in total. The Morgan fingerprint density at radius 1 is 1.04 bits per heavy atom. The zero-order valence-corrected chi connectivity index (χ0v) is 16.1. The van der Waals surface area contributed by atoms with Crippen LogP contribution in [0.25, 0.3) is 16.9 Å². The van der Waals surface area contributed by atoms with Gasteiger partial charge >= 0.3 is 0 Å². The summed E-state index contributed by atoms with van der Waals surface area (Å²) in [5, 5.41) is 7.64. The van der Waals surface area contributed by atoms with Crippen molar-refractivity contribution in [1.82, 2.24) is 14.8 Å². The Bertz CT molecular complexity index is 1090. The van der Waals surface area contributed by atoms with Crippen molar-refractivity contribution in [2.45, 2.75) is 4.90 Å². The smallest absolute Gasteiger partial charge is 0.259 e. The molecule has 138 valence electrons. The van der Waals surface area contributed by atoms with Gasteiger partial charge in [0.2, 0.25) is 0 Å². The first-order valence-electron chi connectivity index (χ1n) is 8.75. The molecular weight excluding hydrogens is 368 g/mol. The molecule has 0 aliphatic carbocycles. The van der Waals surface area contributed by atoms with Crippen LogP contribution in [-0.2, 0) is 0 Å². The van der Waals surface area contributed by atoms with Crippen molar-refractivity contribution in [2.75, 3.05) is 11.6 Å². The number of hydrogen-bond acceptors (Lipinski definition) is 4. The molecule has 0 bridgehead atoms. The first-order valence-corrected chi connectivity index (χ1v) is 9.98.